The fraction of sp³-hybridized carbons (Fsp3) is 0.188. The largest absolute Gasteiger partial charge is 0.467 e. The van der Waals surface area contributed by atoms with Crippen molar-refractivity contribution in [1.29, 1.82) is 0 Å². The Morgan fingerprint density at radius 3 is 3.14 bits per heavy atom. The first-order valence-corrected chi connectivity index (χ1v) is 8.70. The SMILES string of the molecule is Clc1ccc2c(c1)[SH](Cc1cccc3c1COCO3)C=N2. The fourth-order valence-corrected chi connectivity index (χ4v) is 4.93. The van der Waals surface area contributed by atoms with Gasteiger partial charge in [0.1, 0.15) is 5.75 Å². The Balaban J connectivity index is 1.67. The molecule has 108 valence electrons. The van der Waals surface area contributed by atoms with Crippen LogP contribution in [0.5, 0.6) is 5.75 Å². The molecule has 0 bridgehead atoms. The third-order valence-electron chi connectivity index (χ3n) is 3.70. The average molecular weight is 320 g/mol. The molecule has 2 aliphatic rings. The molecule has 0 fully saturated rings. The van der Waals surface area contributed by atoms with Gasteiger partial charge in [0, 0.05) is 26.8 Å². The Bertz CT molecular complexity index is 732. The van der Waals surface area contributed by atoms with Crippen molar-refractivity contribution in [3.05, 3.63) is 52.5 Å². The number of benzene rings is 2. The summed E-state index contributed by atoms with van der Waals surface area (Å²) >= 11 is 6.12. The number of fused-ring (bicyclic) bond motifs is 2. The minimum atomic E-state index is -0.456. The summed E-state index contributed by atoms with van der Waals surface area (Å²) in [6.45, 7) is 0.958. The Kier molecular flexibility index (Phi) is 3.37. The number of ether oxygens (including phenoxy) is 2. The van der Waals surface area contributed by atoms with Crippen LogP contribution >= 0.6 is 22.5 Å². The van der Waals surface area contributed by atoms with Gasteiger partial charge < -0.3 is 9.47 Å². The van der Waals surface area contributed by atoms with Gasteiger partial charge in [0.15, 0.2) is 6.79 Å². The van der Waals surface area contributed by atoms with E-state index >= 15 is 0 Å². The highest BCUT2D eigenvalue weighted by molar-refractivity contribution is 8.28. The molecular formula is C16H14ClNO2S. The minimum Gasteiger partial charge on any atom is -0.467 e. The molecule has 0 amide bonds. The molecule has 2 heterocycles. The summed E-state index contributed by atoms with van der Waals surface area (Å²) < 4.78 is 11.0. The van der Waals surface area contributed by atoms with Crippen molar-refractivity contribution in [2.45, 2.75) is 17.3 Å². The van der Waals surface area contributed by atoms with E-state index in [9.17, 15) is 0 Å². The molecule has 5 heteroatoms. The van der Waals surface area contributed by atoms with Crippen molar-refractivity contribution < 1.29 is 9.47 Å². The van der Waals surface area contributed by atoms with E-state index in [2.05, 4.69) is 16.6 Å². The highest BCUT2D eigenvalue weighted by Crippen LogP contribution is 2.49. The van der Waals surface area contributed by atoms with Crippen molar-refractivity contribution in [1.82, 2.24) is 0 Å². The second-order valence-electron chi connectivity index (χ2n) is 5.01. The molecule has 0 aromatic heterocycles. The lowest BCUT2D eigenvalue weighted by atomic mass is 10.1. The van der Waals surface area contributed by atoms with Crippen LogP contribution in [-0.2, 0) is 17.1 Å². The van der Waals surface area contributed by atoms with Crippen LogP contribution in [0.1, 0.15) is 11.1 Å². The summed E-state index contributed by atoms with van der Waals surface area (Å²) in [5, 5.41) is 0.772. The lowest BCUT2D eigenvalue weighted by Crippen LogP contribution is -2.13. The molecule has 21 heavy (non-hydrogen) atoms. The molecule has 1 atom stereocenters. The van der Waals surface area contributed by atoms with E-state index < -0.39 is 10.9 Å². The molecule has 0 radical (unpaired) electrons. The zero-order chi connectivity index (χ0) is 14.2. The molecule has 0 spiro atoms. The predicted molar refractivity (Wildman–Crippen MR) is 87.3 cm³/mol. The van der Waals surface area contributed by atoms with E-state index in [0.717, 1.165) is 27.8 Å². The number of aliphatic imine (C=N–C) groups is 1. The van der Waals surface area contributed by atoms with Crippen LogP contribution < -0.4 is 4.74 Å². The van der Waals surface area contributed by atoms with Gasteiger partial charge in [0.05, 0.1) is 12.3 Å². The first-order chi connectivity index (χ1) is 10.3. The third kappa shape index (κ3) is 2.44. The van der Waals surface area contributed by atoms with Gasteiger partial charge in [-0.05, 0) is 29.8 Å². The van der Waals surface area contributed by atoms with Crippen molar-refractivity contribution in [2.24, 2.45) is 4.99 Å². The van der Waals surface area contributed by atoms with E-state index in [4.69, 9.17) is 21.1 Å². The summed E-state index contributed by atoms with van der Waals surface area (Å²) in [4.78, 5) is 5.77. The molecule has 0 saturated heterocycles. The zero-order valence-electron chi connectivity index (χ0n) is 11.3. The topological polar surface area (TPSA) is 30.8 Å². The molecule has 0 N–H and O–H groups in total. The van der Waals surface area contributed by atoms with Gasteiger partial charge in [-0.15, -0.1) is 0 Å². The molecule has 2 aromatic rings. The van der Waals surface area contributed by atoms with E-state index in [1.165, 1.54) is 10.5 Å². The third-order valence-corrected chi connectivity index (χ3v) is 5.99. The second-order valence-corrected chi connectivity index (χ2v) is 7.41. The molecule has 1 unspecified atom stereocenters. The Hall–Kier alpha value is -1.49. The van der Waals surface area contributed by atoms with E-state index in [-0.39, 0.29) is 0 Å². The summed E-state index contributed by atoms with van der Waals surface area (Å²) in [6.07, 6.45) is 0. The number of hydrogen-bond donors (Lipinski definition) is 1. The first kappa shape index (κ1) is 13.2. The monoisotopic (exact) mass is 319 g/mol. The van der Waals surface area contributed by atoms with Gasteiger partial charge in [0.25, 0.3) is 0 Å². The summed E-state index contributed by atoms with van der Waals surface area (Å²) in [5.74, 6) is 1.89. The predicted octanol–water partition coefficient (Wildman–Crippen LogP) is 4.44. The van der Waals surface area contributed by atoms with Gasteiger partial charge >= 0.3 is 0 Å². The van der Waals surface area contributed by atoms with Crippen LogP contribution in [0.2, 0.25) is 5.02 Å². The number of halogens is 1. The second kappa shape index (κ2) is 5.37. The number of thiol groups is 1. The minimum absolute atomic E-state index is 0.338. The van der Waals surface area contributed by atoms with E-state index in [1.807, 2.05) is 30.3 Å². The van der Waals surface area contributed by atoms with Gasteiger partial charge in [0.2, 0.25) is 0 Å². The van der Waals surface area contributed by atoms with Gasteiger partial charge in [-0.3, -0.25) is 4.99 Å². The van der Waals surface area contributed by atoms with Crippen LogP contribution in [0.15, 0.2) is 46.3 Å². The van der Waals surface area contributed by atoms with Crippen molar-refractivity contribution in [2.75, 3.05) is 6.79 Å². The zero-order valence-corrected chi connectivity index (χ0v) is 12.9. The quantitative estimate of drug-likeness (QED) is 0.830. The summed E-state index contributed by atoms with van der Waals surface area (Å²) in [7, 11) is -0.456. The fourth-order valence-electron chi connectivity index (χ4n) is 2.65. The normalized spacial score (nSPS) is 20.7. The van der Waals surface area contributed by atoms with Gasteiger partial charge in [-0.1, -0.05) is 23.7 Å². The Labute approximate surface area is 130 Å². The number of hydrogen-bond acceptors (Lipinski definition) is 3. The Morgan fingerprint density at radius 1 is 1.24 bits per heavy atom. The van der Waals surface area contributed by atoms with E-state index in [1.54, 1.807) is 0 Å². The molecule has 2 aliphatic heterocycles. The van der Waals surface area contributed by atoms with Gasteiger partial charge in [-0.25, -0.2) is 0 Å². The number of nitrogens with zero attached hydrogens (tertiary/aromatic N) is 1. The van der Waals surface area contributed by atoms with Crippen LogP contribution in [0.4, 0.5) is 5.69 Å². The van der Waals surface area contributed by atoms with Crippen molar-refractivity contribution in [3.8, 4) is 5.75 Å². The van der Waals surface area contributed by atoms with E-state index in [0.29, 0.717) is 13.4 Å². The highest BCUT2D eigenvalue weighted by Gasteiger charge is 2.20. The molecule has 3 nitrogen and oxygen atoms in total. The summed E-state index contributed by atoms with van der Waals surface area (Å²) in [6, 6.07) is 12.1. The molecular weight excluding hydrogens is 306 g/mol. The van der Waals surface area contributed by atoms with Crippen LogP contribution in [-0.4, -0.2) is 12.3 Å². The molecule has 4 rings (SSSR count). The lowest BCUT2D eigenvalue weighted by molar-refractivity contribution is -0.0167. The van der Waals surface area contributed by atoms with Crippen LogP contribution in [0.3, 0.4) is 0 Å². The molecule has 2 aromatic carbocycles. The smallest absolute Gasteiger partial charge is 0.189 e. The molecule has 0 aliphatic carbocycles. The molecule has 0 saturated carbocycles. The first-order valence-electron chi connectivity index (χ1n) is 6.73. The van der Waals surface area contributed by atoms with Crippen molar-refractivity contribution >= 4 is 33.7 Å². The maximum Gasteiger partial charge on any atom is 0.189 e. The number of rotatable bonds is 2. The summed E-state index contributed by atoms with van der Waals surface area (Å²) in [5.41, 5.74) is 5.55. The highest BCUT2D eigenvalue weighted by atomic mass is 35.5. The van der Waals surface area contributed by atoms with Crippen LogP contribution in [0.25, 0.3) is 0 Å². The maximum absolute atomic E-state index is 6.12. The van der Waals surface area contributed by atoms with Gasteiger partial charge in [-0.2, -0.15) is 10.9 Å². The standard InChI is InChI=1S/C16H14ClNO2S/c17-12-4-5-14-16(6-12)21(9-18-14)8-11-2-1-3-15-13(11)7-19-10-20-15/h1-6,9,21H,7-8,10H2. The maximum atomic E-state index is 6.12. The average Bonchev–Trinajstić information content (AvgIpc) is 2.90. The Morgan fingerprint density at radius 2 is 2.19 bits per heavy atom. The van der Waals surface area contributed by atoms with Crippen LogP contribution in [0, 0.1) is 0 Å². The lowest BCUT2D eigenvalue weighted by Gasteiger charge is -2.22. The van der Waals surface area contributed by atoms with Crippen molar-refractivity contribution in [3.63, 3.8) is 0 Å².